The summed E-state index contributed by atoms with van der Waals surface area (Å²) < 4.78 is 7.20. The smallest absolute Gasteiger partial charge is 0.410 e. The van der Waals surface area contributed by atoms with Crippen molar-refractivity contribution >= 4 is 17.7 Å². The second-order valence-electron chi connectivity index (χ2n) is 6.42. The molecule has 0 saturated carbocycles. The maximum Gasteiger partial charge on any atom is 0.410 e. The second kappa shape index (κ2) is 6.22. The Morgan fingerprint density at radius 1 is 1.38 bits per heavy atom. The number of aromatic nitrogens is 3. The second-order valence-corrected chi connectivity index (χ2v) is 6.69. The van der Waals surface area contributed by atoms with E-state index in [1.54, 1.807) is 9.58 Å². The first-order chi connectivity index (χ1) is 9.81. The summed E-state index contributed by atoms with van der Waals surface area (Å²) in [6.07, 6.45) is 1.52. The molecule has 0 aromatic carbocycles. The van der Waals surface area contributed by atoms with Gasteiger partial charge in [0.1, 0.15) is 11.3 Å². The van der Waals surface area contributed by atoms with E-state index in [0.717, 1.165) is 24.2 Å². The molecule has 0 N–H and O–H groups in total. The van der Waals surface area contributed by atoms with E-state index < -0.39 is 5.60 Å². The average molecular weight is 315 g/mol. The number of piperidine rings is 1. The van der Waals surface area contributed by atoms with Crippen LogP contribution in [-0.2, 0) is 17.7 Å². The third kappa shape index (κ3) is 3.87. The van der Waals surface area contributed by atoms with Crippen molar-refractivity contribution in [3.05, 3.63) is 11.4 Å². The van der Waals surface area contributed by atoms with Crippen molar-refractivity contribution in [3.63, 3.8) is 0 Å². The van der Waals surface area contributed by atoms with Crippen LogP contribution in [0, 0.1) is 0 Å². The number of carbonyl (C=O) groups excluding carboxylic acids is 1. The number of hydrogen-bond acceptors (Lipinski definition) is 4. The molecule has 118 valence electrons. The lowest BCUT2D eigenvalue weighted by Gasteiger charge is -2.33. The van der Waals surface area contributed by atoms with Crippen LogP contribution < -0.4 is 0 Å². The molecule has 1 aliphatic heterocycles. The molecule has 0 bridgehead atoms. The van der Waals surface area contributed by atoms with Gasteiger partial charge in [0, 0.05) is 26.1 Å². The number of likely N-dealkylation sites (tertiary alicyclic amines) is 1. The van der Waals surface area contributed by atoms with E-state index in [1.165, 1.54) is 0 Å². The van der Waals surface area contributed by atoms with E-state index in [1.807, 2.05) is 27.8 Å². The van der Waals surface area contributed by atoms with E-state index in [-0.39, 0.29) is 6.09 Å². The van der Waals surface area contributed by atoms with Gasteiger partial charge in [-0.05, 0) is 33.6 Å². The van der Waals surface area contributed by atoms with Gasteiger partial charge in [-0.3, -0.25) is 4.68 Å². The van der Waals surface area contributed by atoms with Crippen LogP contribution >= 0.6 is 11.6 Å². The SMILES string of the molecule is Cn1nnc(CCl)c1C1CCN(C(=O)OC(C)(C)C)CC1. The molecule has 21 heavy (non-hydrogen) atoms. The standard InChI is InChI=1S/C14H23ClN4O2/c1-14(2,3)21-13(20)19-7-5-10(6-8-19)12-11(9-15)16-17-18(12)4/h10H,5-9H2,1-4H3. The first-order valence-electron chi connectivity index (χ1n) is 7.24. The number of ether oxygens (including phenoxy) is 1. The van der Waals surface area contributed by atoms with Gasteiger partial charge in [-0.1, -0.05) is 5.21 Å². The highest BCUT2D eigenvalue weighted by atomic mass is 35.5. The first-order valence-corrected chi connectivity index (χ1v) is 7.77. The Kier molecular flexibility index (Phi) is 4.76. The molecule has 1 aliphatic rings. The molecule has 6 nitrogen and oxygen atoms in total. The molecule has 2 heterocycles. The molecule has 1 aromatic rings. The molecule has 1 saturated heterocycles. The molecule has 0 unspecified atom stereocenters. The Morgan fingerprint density at radius 3 is 2.52 bits per heavy atom. The number of carbonyl (C=O) groups is 1. The quantitative estimate of drug-likeness (QED) is 0.787. The number of hydrogen-bond donors (Lipinski definition) is 0. The Balaban J connectivity index is 1.97. The lowest BCUT2D eigenvalue weighted by molar-refractivity contribution is 0.0203. The van der Waals surface area contributed by atoms with Gasteiger partial charge in [0.15, 0.2) is 0 Å². The van der Waals surface area contributed by atoms with Gasteiger partial charge in [-0.2, -0.15) is 0 Å². The number of alkyl halides is 1. The summed E-state index contributed by atoms with van der Waals surface area (Å²) in [6.45, 7) is 7.02. The summed E-state index contributed by atoms with van der Waals surface area (Å²) in [5, 5.41) is 8.13. The van der Waals surface area contributed by atoms with E-state index in [0.29, 0.717) is 24.9 Å². The molecule has 2 rings (SSSR count). The fourth-order valence-corrected chi connectivity index (χ4v) is 2.85. The highest BCUT2D eigenvalue weighted by molar-refractivity contribution is 6.16. The van der Waals surface area contributed by atoms with E-state index >= 15 is 0 Å². The third-order valence-electron chi connectivity index (χ3n) is 3.60. The zero-order chi connectivity index (χ0) is 15.6. The van der Waals surface area contributed by atoms with Gasteiger partial charge in [-0.15, -0.1) is 16.7 Å². The number of nitrogens with zero attached hydrogens (tertiary/aromatic N) is 4. The highest BCUT2D eigenvalue weighted by Crippen LogP contribution is 2.30. The number of amides is 1. The van der Waals surface area contributed by atoms with Crippen LogP contribution in [0.3, 0.4) is 0 Å². The van der Waals surface area contributed by atoms with Crippen molar-refractivity contribution in [3.8, 4) is 0 Å². The van der Waals surface area contributed by atoms with Crippen molar-refractivity contribution in [1.82, 2.24) is 19.9 Å². The summed E-state index contributed by atoms with van der Waals surface area (Å²) in [4.78, 5) is 13.8. The minimum atomic E-state index is -0.453. The normalized spacial score (nSPS) is 17.1. The van der Waals surface area contributed by atoms with Crippen LogP contribution in [0.4, 0.5) is 4.79 Å². The van der Waals surface area contributed by atoms with Gasteiger partial charge in [-0.25, -0.2) is 4.79 Å². The molecular weight excluding hydrogens is 292 g/mol. The first kappa shape index (κ1) is 16.1. The van der Waals surface area contributed by atoms with Gasteiger partial charge in [0.2, 0.25) is 0 Å². The minimum Gasteiger partial charge on any atom is -0.444 e. The Morgan fingerprint density at radius 2 is 2.00 bits per heavy atom. The summed E-state index contributed by atoms with van der Waals surface area (Å²) >= 11 is 5.92. The lowest BCUT2D eigenvalue weighted by Crippen LogP contribution is -2.41. The molecular formula is C14H23ClN4O2. The van der Waals surface area contributed by atoms with Crippen LogP contribution in [0.2, 0.25) is 0 Å². The topological polar surface area (TPSA) is 60.2 Å². The van der Waals surface area contributed by atoms with Crippen LogP contribution in [-0.4, -0.2) is 44.7 Å². The Labute approximate surface area is 130 Å². The van der Waals surface area contributed by atoms with Crippen molar-refractivity contribution in [1.29, 1.82) is 0 Å². The van der Waals surface area contributed by atoms with E-state index in [2.05, 4.69) is 10.3 Å². The zero-order valence-corrected chi connectivity index (χ0v) is 13.9. The maximum absolute atomic E-state index is 12.0. The van der Waals surface area contributed by atoms with Gasteiger partial charge in [0.05, 0.1) is 11.6 Å². The highest BCUT2D eigenvalue weighted by Gasteiger charge is 2.30. The number of rotatable bonds is 2. The average Bonchev–Trinajstić information content (AvgIpc) is 2.78. The largest absolute Gasteiger partial charge is 0.444 e. The molecule has 0 aliphatic carbocycles. The van der Waals surface area contributed by atoms with E-state index in [4.69, 9.17) is 16.3 Å². The van der Waals surface area contributed by atoms with Crippen LogP contribution in [0.1, 0.15) is 50.9 Å². The molecule has 0 atom stereocenters. The predicted octanol–water partition coefficient (Wildman–Crippen LogP) is 2.67. The molecule has 7 heteroatoms. The van der Waals surface area contributed by atoms with Gasteiger partial charge < -0.3 is 9.64 Å². The van der Waals surface area contributed by atoms with Crippen LogP contribution in [0.15, 0.2) is 0 Å². The van der Waals surface area contributed by atoms with Crippen molar-refractivity contribution in [2.24, 2.45) is 7.05 Å². The fraction of sp³-hybridized carbons (Fsp3) is 0.786. The Hall–Kier alpha value is -1.30. The summed E-state index contributed by atoms with van der Waals surface area (Å²) in [7, 11) is 1.89. The lowest BCUT2D eigenvalue weighted by atomic mass is 9.92. The molecule has 1 fully saturated rings. The summed E-state index contributed by atoms with van der Waals surface area (Å²) in [5.74, 6) is 0.715. The van der Waals surface area contributed by atoms with Gasteiger partial charge >= 0.3 is 6.09 Å². The monoisotopic (exact) mass is 314 g/mol. The van der Waals surface area contributed by atoms with Gasteiger partial charge in [0.25, 0.3) is 0 Å². The zero-order valence-electron chi connectivity index (χ0n) is 13.1. The van der Waals surface area contributed by atoms with E-state index in [9.17, 15) is 4.79 Å². The van der Waals surface area contributed by atoms with Crippen LogP contribution in [0.25, 0.3) is 0 Å². The number of halogens is 1. The number of aryl methyl sites for hydroxylation is 1. The van der Waals surface area contributed by atoms with Crippen molar-refractivity contribution in [2.75, 3.05) is 13.1 Å². The summed E-state index contributed by atoms with van der Waals surface area (Å²) in [5.41, 5.74) is 1.48. The summed E-state index contributed by atoms with van der Waals surface area (Å²) in [6, 6.07) is 0. The molecule has 0 radical (unpaired) electrons. The minimum absolute atomic E-state index is 0.235. The molecule has 1 aromatic heterocycles. The predicted molar refractivity (Wildman–Crippen MR) is 80.3 cm³/mol. The molecule has 0 spiro atoms. The molecule has 1 amide bonds. The van der Waals surface area contributed by atoms with Crippen molar-refractivity contribution in [2.45, 2.75) is 51.0 Å². The fourth-order valence-electron chi connectivity index (χ4n) is 2.66. The van der Waals surface area contributed by atoms with Crippen molar-refractivity contribution < 1.29 is 9.53 Å². The Bertz CT molecular complexity index is 502. The third-order valence-corrected chi connectivity index (χ3v) is 3.86. The van der Waals surface area contributed by atoms with Crippen LogP contribution in [0.5, 0.6) is 0 Å². The maximum atomic E-state index is 12.0.